The Morgan fingerprint density at radius 1 is 1.20 bits per heavy atom. The van der Waals surface area contributed by atoms with Gasteiger partial charge in [-0.25, -0.2) is 4.79 Å². The number of guanidine groups is 1. The molecule has 1 saturated heterocycles. The third-order valence-electron chi connectivity index (χ3n) is 3.51. The summed E-state index contributed by atoms with van der Waals surface area (Å²) in [4.78, 5) is 38.8. The smallest absolute Gasteiger partial charge is 0.336 e. The van der Waals surface area contributed by atoms with E-state index in [0.29, 0.717) is 25.9 Å². The molecule has 2 unspecified atom stereocenters. The second kappa shape index (κ2) is 9.82. The molecule has 0 aromatic carbocycles. The van der Waals surface area contributed by atoms with Crippen LogP contribution in [-0.4, -0.2) is 60.2 Å². The number of amides is 2. The number of carbonyl (C=O) groups excluding carboxylic acids is 2. The Balaban J connectivity index is 2.40. The van der Waals surface area contributed by atoms with Crippen LogP contribution in [0.2, 0.25) is 0 Å². The van der Waals surface area contributed by atoms with Crippen molar-refractivity contribution in [2.75, 3.05) is 13.1 Å². The van der Waals surface area contributed by atoms with Gasteiger partial charge < -0.3 is 31.9 Å². The molecule has 1 rings (SSSR count). The van der Waals surface area contributed by atoms with Gasteiger partial charge in [0, 0.05) is 13.1 Å². The molecule has 2 amide bonds. The summed E-state index contributed by atoms with van der Waals surface area (Å²) in [6.07, 6.45) is -0.304. The van der Waals surface area contributed by atoms with Gasteiger partial charge in [0.05, 0.1) is 0 Å². The zero-order chi connectivity index (χ0) is 19.0. The van der Waals surface area contributed by atoms with Crippen molar-refractivity contribution in [2.45, 2.75) is 51.4 Å². The van der Waals surface area contributed by atoms with E-state index in [-0.39, 0.29) is 17.8 Å². The van der Waals surface area contributed by atoms with Gasteiger partial charge >= 0.3 is 5.97 Å². The maximum absolute atomic E-state index is 12.3. The van der Waals surface area contributed by atoms with Crippen molar-refractivity contribution < 1.29 is 24.2 Å². The molecule has 0 radical (unpaired) electrons. The number of carboxylic acid groups (broad SMARTS) is 1. The summed E-state index contributed by atoms with van der Waals surface area (Å²) in [5.41, 5.74) is 10.4. The van der Waals surface area contributed by atoms with E-state index in [0.717, 1.165) is 6.42 Å². The average Bonchev–Trinajstić information content (AvgIpc) is 3.29. The lowest BCUT2D eigenvalue weighted by molar-refractivity contribution is -0.138. The van der Waals surface area contributed by atoms with Crippen LogP contribution in [-0.2, 0) is 19.1 Å². The van der Waals surface area contributed by atoms with Crippen LogP contribution in [0.1, 0.15) is 33.1 Å². The van der Waals surface area contributed by atoms with Gasteiger partial charge in [-0.3, -0.25) is 14.6 Å². The Kier molecular flexibility index (Phi) is 8.12. The number of ether oxygens (including phenoxy) is 1. The zero-order valence-corrected chi connectivity index (χ0v) is 14.5. The van der Waals surface area contributed by atoms with E-state index in [4.69, 9.17) is 21.3 Å². The molecule has 0 aromatic heterocycles. The molecule has 10 heteroatoms. The lowest BCUT2D eigenvalue weighted by Crippen LogP contribution is -2.49. The molecular weight excluding hydrogens is 330 g/mol. The van der Waals surface area contributed by atoms with E-state index >= 15 is 0 Å². The summed E-state index contributed by atoms with van der Waals surface area (Å²) in [7, 11) is 0. The Bertz CT molecular complexity index is 518. The molecule has 25 heavy (non-hydrogen) atoms. The van der Waals surface area contributed by atoms with Crippen LogP contribution < -0.4 is 22.1 Å². The molecule has 7 N–H and O–H groups in total. The summed E-state index contributed by atoms with van der Waals surface area (Å²) in [5, 5.41) is 14.1. The van der Waals surface area contributed by atoms with Crippen molar-refractivity contribution in [3.8, 4) is 0 Å². The second-order valence-corrected chi connectivity index (χ2v) is 6.31. The van der Waals surface area contributed by atoms with E-state index in [1.807, 2.05) is 13.8 Å². The standard InChI is InChI=1S/C15H27N5O5/c1-8(2)7-9(20-13(22)10-11(25-10)14(23)24)12(21)18-5-3-4-6-19-15(16)17/h8-11H,3-7H2,1-2H3,(H,18,21)(H,20,22)(H,23,24)(H4,16,17,19)/t9-,10?,11?/m0/s1. The minimum absolute atomic E-state index is 0.0331. The molecule has 0 saturated carbocycles. The molecule has 0 aliphatic carbocycles. The number of unbranched alkanes of at least 4 members (excludes halogenated alkanes) is 1. The second-order valence-electron chi connectivity index (χ2n) is 6.31. The number of hydrogen-bond donors (Lipinski definition) is 5. The highest BCUT2D eigenvalue weighted by molar-refractivity contribution is 5.95. The fraction of sp³-hybridized carbons (Fsp3) is 0.733. The highest BCUT2D eigenvalue weighted by Gasteiger charge is 2.51. The molecule has 1 fully saturated rings. The van der Waals surface area contributed by atoms with Crippen LogP contribution in [0, 0.1) is 5.92 Å². The van der Waals surface area contributed by atoms with E-state index < -0.39 is 30.1 Å². The molecule has 1 aliphatic rings. The van der Waals surface area contributed by atoms with Crippen LogP contribution >= 0.6 is 0 Å². The maximum Gasteiger partial charge on any atom is 0.336 e. The van der Waals surface area contributed by atoms with Crippen LogP contribution in [0.3, 0.4) is 0 Å². The highest BCUT2D eigenvalue weighted by Crippen LogP contribution is 2.22. The summed E-state index contributed by atoms with van der Waals surface area (Å²) in [6.45, 7) is 4.77. The number of nitrogens with zero attached hydrogens (tertiary/aromatic N) is 1. The Hall–Kier alpha value is -2.36. The summed E-state index contributed by atoms with van der Waals surface area (Å²) in [5.74, 6) is -1.87. The fourth-order valence-corrected chi connectivity index (χ4v) is 2.24. The molecule has 3 atom stereocenters. The quantitative estimate of drug-likeness (QED) is 0.130. The van der Waals surface area contributed by atoms with Gasteiger partial charge in [-0.05, 0) is 25.2 Å². The van der Waals surface area contributed by atoms with E-state index in [1.165, 1.54) is 0 Å². The van der Waals surface area contributed by atoms with Crippen LogP contribution in [0.5, 0.6) is 0 Å². The Morgan fingerprint density at radius 2 is 1.88 bits per heavy atom. The average molecular weight is 357 g/mol. The van der Waals surface area contributed by atoms with Gasteiger partial charge in [0.2, 0.25) is 5.91 Å². The third kappa shape index (κ3) is 7.84. The number of nitrogens with two attached hydrogens (primary N) is 2. The lowest BCUT2D eigenvalue weighted by Gasteiger charge is -2.19. The number of aliphatic carboxylic acids is 1. The molecule has 10 nitrogen and oxygen atoms in total. The first-order valence-electron chi connectivity index (χ1n) is 8.24. The first kappa shape index (κ1) is 20.7. The van der Waals surface area contributed by atoms with E-state index in [2.05, 4.69) is 15.6 Å². The van der Waals surface area contributed by atoms with Crippen molar-refractivity contribution in [1.82, 2.24) is 10.6 Å². The molecule has 0 bridgehead atoms. The highest BCUT2D eigenvalue weighted by atomic mass is 16.6. The molecule has 0 aromatic rings. The minimum atomic E-state index is -1.19. The van der Waals surface area contributed by atoms with Crippen molar-refractivity contribution in [3.63, 3.8) is 0 Å². The number of epoxide rings is 1. The summed E-state index contributed by atoms with van der Waals surface area (Å²) in [6, 6.07) is -0.733. The van der Waals surface area contributed by atoms with Gasteiger partial charge in [-0.2, -0.15) is 0 Å². The van der Waals surface area contributed by atoms with Crippen LogP contribution in [0.15, 0.2) is 4.99 Å². The monoisotopic (exact) mass is 357 g/mol. The SMILES string of the molecule is CC(C)C[C@H](NC(=O)C1OC1C(=O)O)C(=O)NCCCCN=C(N)N. The van der Waals surface area contributed by atoms with Crippen molar-refractivity contribution >= 4 is 23.7 Å². The molecule has 142 valence electrons. The lowest BCUT2D eigenvalue weighted by atomic mass is 10.0. The first-order valence-corrected chi connectivity index (χ1v) is 8.24. The Morgan fingerprint density at radius 3 is 2.40 bits per heavy atom. The largest absolute Gasteiger partial charge is 0.479 e. The number of hydrogen-bond acceptors (Lipinski definition) is 5. The molecule has 1 heterocycles. The molecular formula is C15H27N5O5. The maximum atomic E-state index is 12.3. The predicted molar refractivity (Wildman–Crippen MR) is 90.6 cm³/mol. The van der Waals surface area contributed by atoms with Gasteiger partial charge in [-0.15, -0.1) is 0 Å². The third-order valence-corrected chi connectivity index (χ3v) is 3.51. The van der Waals surface area contributed by atoms with Crippen LogP contribution in [0.25, 0.3) is 0 Å². The van der Waals surface area contributed by atoms with Crippen molar-refractivity contribution in [1.29, 1.82) is 0 Å². The van der Waals surface area contributed by atoms with Gasteiger partial charge in [0.1, 0.15) is 6.04 Å². The fourth-order valence-electron chi connectivity index (χ4n) is 2.24. The zero-order valence-electron chi connectivity index (χ0n) is 14.5. The topological polar surface area (TPSA) is 172 Å². The first-order chi connectivity index (χ1) is 11.7. The predicted octanol–water partition coefficient (Wildman–Crippen LogP) is -1.46. The van der Waals surface area contributed by atoms with Gasteiger partial charge in [0.25, 0.3) is 5.91 Å². The normalized spacial score (nSPS) is 19.8. The van der Waals surface area contributed by atoms with E-state index in [1.54, 1.807) is 0 Å². The Labute approximate surface area is 146 Å². The van der Waals surface area contributed by atoms with Crippen molar-refractivity contribution in [3.05, 3.63) is 0 Å². The van der Waals surface area contributed by atoms with Crippen LogP contribution in [0.4, 0.5) is 0 Å². The minimum Gasteiger partial charge on any atom is -0.479 e. The molecule has 1 aliphatic heterocycles. The number of carbonyl (C=O) groups is 3. The van der Waals surface area contributed by atoms with E-state index in [9.17, 15) is 14.4 Å². The summed E-state index contributed by atoms with van der Waals surface area (Å²) < 4.78 is 4.79. The summed E-state index contributed by atoms with van der Waals surface area (Å²) >= 11 is 0. The number of carboxylic acids is 1. The van der Waals surface area contributed by atoms with Gasteiger partial charge in [0.15, 0.2) is 18.2 Å². The molecule has 0 spiro atoms. The van der Waals surface area contributed by atoms with Gasteiger partial charge in [-0.1, -0.05) is 13.8 Å². The number of nitrogens with one attached hydrogen (secondary N) is 2. The number of rotatable bonds is 11. The number of aliphatic imine (C=N–C) groups is 1. The van der Waals surface area contributed by atoms with Crippen molar-refractivity contribution in [2.24, 2.45) is 22.4 Å².